The topological polar surface area (TPSA) is 0 Å². The third-order valence-corrected chi connectivity index (χ3v) is 4.47. The molecular weight excluding hydrogens is 303 g/mol. The van der Waals surface area contributed by atoms with Crippen molar-refractivity contribution in [2.24, 2.45) is 0 Å². The van der Waals surface area contributed by atoms with Gasteiger partial charge in [-0.1, -0.05) is 39.7 Å². The third kappa shape index (κ3) is 2.89. The van der Waals surface area contributed by atoms with Gasteiger partial charge in [0, 0.05) is 0 Å². The molecule has 0 aliphatic heterocycles. The molecule has 0 radical (unpaired) electrons. The van der Waals surface area contributed by atoms with Crippen LogP contribution in [0, 0.1) is 33.5 Å². The highest BCUT2D eigenvalue weighted by atomic mass is 79.9. The zero-order valence-corrected chi connectivity index (χ0v) is 13.3. The zero-order chi connectivity index (χ0) is 14.2. The quantitative estimate of drug-likeness (QED) is 0.637. The highest BCUT2D eigenvalue weighted by Gasteiger charge is 2.18. The Morgan fingerprint density at radius 2 is 1.47 bits per heavy atom. The minimum Gasteiger partial charge on any atom is -0.207 e. The molecule has 0 amide bonds. The van der Waals surface area contributed by atoms with Crippen molar-refractivity contribution in [2.75, 3.05) is 0 Å². The minimum absolute atomic E-state index is 0.105. The van der Waals surface area contributed by atoms with Crippen molar-refractivity contribution in [2.45, 2.75) is 32.5 Å². The van der Waals surface area contributed by atoms with Crippen LogP contribution in [0.4, 0.5) is 4.39 Å². The summed E-state index contributed by atoms with van der Waals surface area (Å²) in [4.78, 5) is 0.105. The molecule has 0 aliphatic rings. The van der Waals surface area contributed by atoms with Gasteiger partial charge >= 0.3 is 0 Å². The van der Waals surface area contributed by atoms with Gasteiger partial charge in [0.2, 0.25) is 0 Å². The molecule has 0 fully saturated rings. The minimum atomic E-state index is -0.167. The maximum absolute atomic E-state index is 13.4. The first kappa shape index (κ1) is 14.3. The largest absolute Gasteiger partial charge is 0.207 e. The van der Waals surface area contributed by atoms with Crippen LogP contribution in [-0.4, -0.2) is 0 Å². The van der Waals surface area contributed by atoms with Crippen molar-refractivity contribution < 1.29 is 4.39 Å². The number of hydrogen-bond donors (Lipinski definition) is 0. The van der Waals surface area contributed by atoms with Crippen LogP contribution in [0.5, 0.6) is 0 Å². The van der Waals surface area contributed by atoms with Gasteiger partial charge in [-0.05, 0) is 67.6 Å². The average molecular weight is 321 g/mol. The first-order valence-corrected chi connectivity index (χ1v) is 7.29. The van der Waals surface area contributed by atoms with E-state index in [1.54, 1.807) is 12.1 Å². The second kappa shape index (κ2) is 5.46. The first-order valence-electron chi connectivity index (χ1n) is 6.38. The number of benzene rings is 2. The molecule has 2 aromatic rings. The fourth-order valence-electron chi connectivity index (χ4n) is 2.51. The Kier molecular flexibility index (Phi) is 4.10. The number of aryl methyl sites for hydroxylation is 4. The molecule has 0 N–H and O–H groups in total. The van der Waals surface area contributed by atoms with Crippen LogP contribution in [-0.2, 0) is 0 Å². The molecule has 0 heterocycles. The summed E-state index contributed by atoms with van der Waals surface area (Å²) in [5.41, 5.74) is 6.87. The number of rotatable bonds is 2. The summed E-state index contributed by atoms with van der Waals surface area (Å²) in [5.74, 6) is -0.167. The van der Waals surface area contributed by atoms with Gasteiger partial charge in [-0.15, -0.1) is 0 Å². The van der Waals surface area contributed by atoms with E-state index < -0.39 is 0 Å². The predicted octanol–water partition coefficient (Wildman–Crippen LogP) is 5.54. The van der Waals surface area contributed by atoms with Crippen LogP contribution in [0.3, 0.4) is 0 Å². The Morgan fingerprint density at radius 1 is 0.895 bits per heavy atom. The zero-order valence-electron chi connectivity index (χ0n) is 11.7. The molecule has 0 bridgehead atoms. The standard InChI is InChI=1S/C17H18BrF/c1-10-5-6-11(2)15(7-10)17(18)16-12(3)8-14(19)9-13(16)4/h5-9,17H,1-4H3. The molecule has 1 unspecified atom stereocenters. The van der Waals surface area contributed by atoms with E-state index >= 15 is 0 Å². The van der Waals surface area contributed by atoms with Gasteiger partial charge in [0.15, 0.2) is 0 Å². The van der Waals surface area contributed by atoms with Crippen LogP contribution in [0.2, 0.25) is 0 Å². The number of alkyl halides is 1. The first-order chi connectivity index (χ1) is 8.90. The number of halogens is 2. The van der Waals surface area contributed by atoms with Gasteiger partial charge < -0.3 is 0 Å². The Bertz CT molecular complexity index is 594. The molecular formula is C17H18BrF. The van der Waals surface area contributed by atoms with E-state index in [9.17, 15) is 4.39 Å². The van der Waals surface area contributed by atoms with E-state index in [2.05, 4.69) is 48.0 Å². The monoisotopic (exact) mass is 320 g/mol. The molecule has 100 valence electrons. The summed E-state index contributed by atoms with van der Waals surface area (Å²) in [7, 11) is 0. The Morgan fingerprint density at radius 3 is 2.05 bits per heavy atom. The van der Waals surface area contributed by atoms with Crippen molar-refractivity contribution in [1.29, 1.82) is 0 Å². The van der Waals surface area contributed by atoms with Crippen molar-refractivity contribution in [3.63, 3.8) is 0 Å². The van der Waals surface area contributed by atoms with Gasteiger partial charge in [0.25, 0.3) is 0 Å². The fourth-order valence-corrected chi connectivity index (χ4v) is 3.73. The van der Waals surface area contributed by atoms with Crippen LogP contribution in [0.25, 0.3) is 0 Å². The smallest absolute Gasteiger partial charge is 0.123 e. The van der Waals surface area contributed by atoms with E-state index in [0.29, 0.717) is 0 Å². The molecule has 0 spiro atoms. The summed E-state index contributed by atoms with van der Waals surface area (Å²) in [6.07, 6.45) is 0. The van der Waals surface area contributed by atoms with E-state index in [1.807, 2.05) is 13.8 Å². The van der Waals surface area contributed by atoms with E-state index in [1.165, 1.54) is 16.7 Å². The van der Waals surface area contributed by atoms with E-state index in [-0.39, 0.29) is 10.6 Å². The van der Waals surface area contributed by atoms with Crippen LogP contribution >= 0.6 is 15.9 Å². The van der Waals surface area contributed by atoms with Crippen molar-refractivity contribution in [3.8, 4) is 0 Å². The highest BCUT2D eigenvalue weighted by molar-refractivity contribution is 9.09. The average Bonchev–Trinajstić information content (AvgIpc) is 2.30. The second-order valence-corrected chi connectivity index (χ2v) is 6.09. The number of hydrogen-bond acceptors (Lipinski definition) is 0. The van der Waals surface area contributed by atoms with Crippen molar-refractivity contribution >= 4 is 15.9 Å². The highest BCUT2D eigenvalue weighted by Crippen LogP contribution is 2.37. The molecule has 19 heavy (non-hydrogen) atoms. The maximum atomic E-state index is 13.4. The molecule has 1 atom stereocenters. The Labute approximate surface area is 122 Å². The molecule has 0 aromatic heterocycles. The summed E-state index contributed by atoms with van der Waals surface area (Å²) in [5, 5.41) is 0. The Hall–Kier alpha value is -1.15. The lowest BCUT2D eigenvalue weighted by Crippen LogP contribution is -2.02. The van der Waals surface area contributed by atoms with Gasteiger partial charge in [-0.25, -0.2) is 4.39 Å². The lowest BCUT2D eigenvalue weighted by Gasteiger charge is -2.19. The van der Waals surface area contributed by atoms with E-state index in [4.69, 9.17) is 0 Å². The van der Waals surface area contributed by atoms with Crippen molar-refractivity contribution in [3.05, 3.63) is 69.5 Å². The lowest BCUT2D eigenvalue weighted by molar-refractivity contribution is 0.624. The summed E-state index contributed by atoms with van der Waals surface area (Å²) < 4.78 is 13.4. The SMILES string of the molecule is Cc1ccc(C)c(C(Br)c2c(C)cc(F)cc2C)c1. The molecule has 0 aliphatic carbocycles. The molecule has 0 saturated carbocycles. The summed E-state index contributed by atoms with van der Waals surface area (Å²) in [6, 6.07) is 9.64. The second-order valence-electron chi connectivity index (χ2n) is 5.18. The van der Waals surface area contributed by atoms with Crippen LogP contribution in [0.15, 0.2) is 30.3 Å². The van der Waals surface area contributed by atoms with Gasteiger partial charge in [-0.2, -0.15) is 0 Å². The fraction of sp³-hybridized carbons (Fsp3) is 0.294. The van der Waals surface area contributed by atoms with Crippen molar-refractivity contribution in [1.82, 2.24) is 0 Å². The van der Waals surface area contributed by atoms with Gasteiger partial charge in [0.05, 0.1) is 4.83 Å². The molecule has 2 rings (SSSR count). The van der Waals surface area contributed by atoms with Crippen LogP contribution < -0.4 is 0 Å². The van der Waals surface area contributed by atoms with Gasteiger partial charge in [-0.3, -0.25) is 0 Å². The lowest BCUT2D eigenvalue weighted by atomic mass is 9.93. The predicted molar refractivity (Wildman–Crippen MR) is 82.6 cm³/mol. The van der Waals surface area contributed by atoms with Gasteiger partial charge in [0.1, 0.15) is 5.82 Å². The summed E-state index contributed by atoms with van der Waals surface area (Å²) in [6.45, 7) is 8.12. The summed E-state index contributed by atoms with van der Waals surface area (Å²) >= 11 is 3.78. The third-order valence-electron chi connectivity index (χ3n) is 3.52. The Balaban J connectivity index is 2.56. The molecule has 2 aromatic carbocycles. The van der Waals surface area contributed by atoms with E-state index in [0.717, 1.165) is 16.7 Å². The normalized spacial score (nSPS) is 12.5. The maximum Gasteiger partial charge on any atom is 0.123 e. The molecule has 0 saturated heterocycles. The molecule has 0 nitrogen and oxygen atoms in total. The van der Waals surface area contributed by atoms with Crippen LogP contribution in [0.1, 0.15) is 38.2 Å². The molecule has 2 heteroatoms.